The Balaban J connectivity index is 0.000000175. The van der Waals surface area contributed by atoms with Crippen molar-refractivity contribution in [1.29, 1.82) is 0 Å². The van der Waals surface area contributed by atoms with Gasteiger partial charge in [-0.15, -0.1) is 0 Å². The summed E-state index contributed by atoms with van der Waals surface area (Å²) in [5.41, 5.74) is 2.95. The smallest absolute Gasteiger partial charge is 0.277 e. The zero-order valence-electron chi connectivity index (χ0n) is 24.6. The van der Waals surface area contributed by atoms with Crippen molar-refractivity contribution in [2.75, 3.05) is 13.2 Å². The molecule has 6 rings (SSSR count). The van der Waals surface area contributed by atoms with Crippen LogP contribution in [0.15, 0.2) is 70.3 Å². The number of halogens is 2. The van der Waals surface area contributed by atoms with E-state index in [0.717, 1.165) is 44.2 Å². The van der Waals surface area contributed by atoms with E-state index in [4.69, 9.17) is 9.47 Å². The summed E-state index contributed by atoms with van der Waals surface area (Å²) in [5, 5.41) is 18.0. The molecule has 232 valence electrons. The molecule has 0 amide bonds. The fourth-order valence-corrected chi connectivity index (χ4v) is 5.27. The highest BCUT2D eigenvalue weighted by atomic mass is 19.1. The lowest BCUT2D eigenvalue weighted by molar-refractivity contribution is -0.0429. The van der Waals surface area contributed by atoms with Crippen LogP contribution in [0.25, 0.3) is 22.3 Å². The molecule has 44 heavy (non-hydrogen) atoms. The summed E-state index contributed by atoms with van der Waals surface area (Å²) in [4.78, 5) is 25.4. The lowest BCUT2D eigenvalue weighted by Gasteiger charge is -2.24. The molecule has 0 radical (unpaired) electrons. The van der Waals surface area contributed by atoms with Crippen molar-refractivity contribution < 1.29 is 23.4 Å². The fourth-order valence-electron chi connectivity index (χ4n) is 5.27. The molecule has 11 heteroatoms. The van der Waals surface area contributed by atoms with E-state index >= 15 is 0 Å². The number of benzene rings is 2. The molecule has 0 aliphatic carbocycles. The monoisotopic (exact) mass is 606 g/mol. The first-order valence-electron chi connectivity index (χ1n) is 15.0. The number of rotatable bonds is 6. The van der Waals surface area contributed by atoms with Gasteiger partial charge in [-0.2, -0.15) is 14.9 Å². The highest BCUT2D eigenvalue weighted by molar-refractivity contribution is 5.63. The Morgan fingerprint density at radius 3 is 1.55 bits per heavy atom. The highest BCUT2D eigenvalue weighted by Gasteiger charge is 2.22. The molecule has 1 N–H and O–H groups in total. The van der Waals surface area contributed by atoms with E-state index in [1.807, 2.05) is 6.92 Å². The van der Waals surface area contributed by atoms with Crippen molar-refractivity contribution in [3.05, 3.63) is 104 Å². The van der Waals surface area contributed by atoms with Crippen LogP contribution < -0.4 is 11.1 Å². The van der Waals surface area contributed by atoms with Crippen LogP contribution in [0.5, 0.6) is 0 Å². The Bertz CT molecular complexity index is 1540. The van der Waals surface area contributed by atoms with Crippen LogP contribution in [0.1, 0.15) is 69.3 Å². The molecule has 2 fully saturated rings. The van der Waals surface area contributed by atoms with Crippen LogP contribution in [-0.2, 0) is 22.5 Å². The minimum atomic E-state index is -0.410. The summed E-state index contributed by atoms with van der Waals surface area (Å²) in [6, 6.07) is 15.0. The van der Waals surface area contributed by atoms with Crippen molar-refractivity contribution >= 4 is 0 Å². The zero-order chi connectivity index (χ0) is 31.1. The van der Waals surface area contributed by atoms with Gasteiger partial charge < -0.3 is 14.6 Å². The minimum Gasteiger partial charge on any atom is -0.390 e. The van der Waals surface area contributed by atoms with Crippen molar-refractivity contribution in [3.8, 4) is 22.3 Å². The van der Waals surface area contributed by atoms with E-state index in [-0.39, 0.29) is 35.6 Å². The molecule has 9 nitrogen and oxygen atoms in total. The second-order valence-corrected chi connectivity index (χ2v) is 10.8. The SMILES string of the molecule is CCc1cc(-c2ccc(F)cc2)c(=O)n(C2CCCCO2)n1.O=c1c(-c2ccc(F)cc2)cc(CO)nn1C1CCCCO1. The van der Waals surface area contributed by atoms with Crippen LogP contribution in [0.4, 0.5) is 8.78 Å². The Labute approximate surface area is 253 Å². The van der Waals surface area contributed by atoms with Gasteiger partial charge in [0.1, 0.15) is 11.6 Å². The molecule has 2 aliphatic heterocycles. The lowest BCUT2D eigenvalue weighted by Crippen LogP contribution is -2.32. The molecule has 2 saturated heterocycles. The van der Waals surface area contributed by atoms with Gasteiger partial charge in [0.25, 0.3) is 11.1 Å². The first-order chi connectivity index (χ1) is 21.4. The van der Waals surface area contributed by atoms with Crippen molar-refractivity contribution in [1.82, 2.24) is 19.6 Å². The molecular weight excluding hydrogens is 570 g/mol. The first kappa shape index (κ1) is 31.4. The number of aliphatic hydroxyl groups excluding tert-OH is 1. The number of ether oxygens (including phenoxy) is 2. The summed E-state index contributed by atoms with van der Waals surface area (Å²) in [5.74, 6) is -0.680. The van der Waals surface area contributed by atoms with E-state index in [1.165, 1.54) is 39.7 Å². The summed E-state index contributed by atoms with van der Waals surface area (Å²) in [7, 11) is 0. The van der Waals surface area contributed by atoms with E-state index in [0.29, 0.717) is 47.6 Å². The van der Waals surface area contributed by atoms with Gasteiger partial charge in [-0.3, -0.25) is 9.59 Å². The van der Waals surface area contributed by atoms with Gasteiger partial charge in [-0.25, -0.2) is 13.5 Å². The average Bonchev–Trinajstić information content (AvgIpc) is 3.07. The van der Waals surface area contributed by atoms with Crippen molar-refractivity contribution in [3.63, 3.8) is 0 Å². The molecule has 4 heterocycles. The maximum absolute atomic E-state index is 13.1. The third-order valence-corrected chi connectivity index (χ3v) is 7.66. The van der Waals surface area contributed by atoms with Gasteiger partial charge in [0.2, 0.25) is 0 Å². The number of nitrogens with zero attached hydrogens (tertiary/aromatic N) is 4. The van der Waals surface area contributed by atoms with E-state index in [1.54, 1.807) is 30.3 Å². The average molecular weight is 607 g/mol. The van der Waals surface area contributed by atoms with Crippen LogP contribution in [0.3, 0.4) is 0 Å². The Morgan fingerprint density at radius 2 is 1.16 bits per heavy atom. The lowest BCUT2D eigenvalue weighted by atomic mass is 10.1. The van der Waals surface area contributed by atoms with E-state index < -0.39 is 6.23 Å². The van der Waals surface area contributed by atoms with Crippen LogP contribution in [0.2, 0.25) is 0 Å². The van der Waals surface area contributed by atoms with Gasteiger partial charge in [-0.05, 0) is 92.5 Å². The summed E-state index contributed by atoms with van der Waals surface area (Å²) < 4.78 is 40.2. The fraction of sp³-hybridized carbons (Fsp3) is 0.394. The highest BCUT2D eigenvalue weighted by Crippen LogP contribution is 2.24. The summed E-state index contributed by atoms with van der Waals surface area (Å²) in [6.45, 7) is 2.96. The number of aryl methyl sites for hydroxylation is 1. The summed E-state index contributed by atoms with van der Waals surface area (Å²) in [6.07, 6.45) is 5.50. The van der Waals surface area contributed by atoms with E-state index in [2.05, 4.69) is 10.2 Å². The number of aliphatic hydroxyl groups is 1. The summed E-state index contributed by atoms with van der Waals surface area (Å²) >= 11 is 0. The molecule has 2 aromatic heterocycles. The third kappa shape index (κ3) is 7.35. The Hall–Kier alpha value is -4.06. The van der Waals surface area contributed by atoms with Gasteiger partial charge in [0, 0.05) is 13.2 Å². The molecule has 4 aromatic rings. The van der Waals surface area contributed by atoms with Crippen LogP contribution in [0, 0.1) is 11.6 Å². The largest absolute Gasteiger partial charge is 0.390 e. The quantitative estimate of drug-likeness (QED) is 0.307. The number of hydrogen-bond acceptors (Lipinski definition) is 7. The van der Waals surface area contributed by atoms with Gasteiger partial charge in [0.05, 0.1) is 29.1 Å². The Morgan fingerprint density at radius 1 is 0.727 bits per heavy atom. The van der Waals surface area contributed by atoms with Gasteiger partial charge in [0.15, 0.2) is 12.5 Å². The zero-order valence-corrected chi connectivity index (χ0v) is 24.6. The topological polar surface area (TPSA) is 108 Å². The maximum atomic E-state index is 13.1. The van der Waals surface area contributed by atoms with Gasteiger partial charge in [-0.1, -0.05) is 31.2 Å². The molecule has 2 unspecified atom stereocenters. The van der Waals surface area contributed by atoms with Crippen molar-refractivity contribution in [2.45, 2.75) is 70.9 Å². The van der Waals surface area contributed by atoms with Crippen LogP contribution in [-0.4, -0.2) is 37.9 Å². The van der Waals surface area contributed by atoms with Crippen LogP contribution >= 0.6 is 0 Å². The third-order valence-electron chi connectivity index (χ3n) is 7.66. The Kier molecular flexibility index (Phi) is 10.4. The molecule has 0 saturated carbocycles. The maximum Gasteiger partial charge on any atom is 0.277 e. The van der Waals surface area contributed by atoms with E-state index in [9.17, 15) is 23.5 Å². The second-order valence-electron chi connectivity index (χ2n) is 10.8. The molecule has 0 spiro atoms. The minimum absolute atomic E-state index is 0.185. The second kappa shape index (κ2) is 14.6. The van der Waals surface area contributed by atoms with Gasteiger partial charge >= 0.3 is 0 Å². The molecular formula is C33H36F2N4O5. The molecule has 2 aromatic carbocycles. The number of aromatic nitrogens is 4. The normalized spacial score (nSPS) is 18.4. The number of hydrogen-bond donors (Lipinski definition) is 1. The predicted molar refractivity (Wildman–Crippen MR) is 161 cm³/mol. The predicted octanol–water partition coefficient (Wildman–Crippen LogP) is 5.55. The molecule has 2 atom stereocenters. The van der Waals surface area contributed by atoms with Crippen molar-refractivity contribution in [2.24, 2.45) is 0 Å². The molecule has 0 bridgehead atoms. The first-order valence-corrected chi connectivity index (χ1v) is 15.0. The molecule has 2 aliphatic rings. The standard InChI is InChI=1S/C17H19FN2O2.C16H17FN2O3/c1-2-14-11-15(12-6-8-13(18)9-7-12)17(21)20(19-14)16-5-3-4-10-22-16;17-12-6-4-11(5-7-12)14-9-13(10-20)18-19(16(14)21)15-3-1-2-8-22-15/h6-9,11,16H,2-5,10H2,1H3;4-7,9,15,20H,1-3,8,10H2.